The highest BCUT2D eigenvalue weighted by Crippen LogP contribution is 2.24. The lowest BCUT2D eigenvalue weighted by Crippen LogP contribution is -2.47. The van der Waals surface area contributed by atoms with Gasteiger partial charge in [0, 0.05) is 57.0 Å². The zero-order chi connectivity index (χ0) is 16.4. The largest absolute Gasteiger partial charge is 0.338 e. The number of anilines is 1. The monoisotopic (exact) mass is 320 g/mol. The smallest absolute Gasteiger partial charge is 0.225 e. The highest BCUT2D eigenvalue weighted by molar-refractivity contribution is 5.74. The molecule has 0 radical (unpaired) electrons. The van der Waals surface area contributed by atoms with E-state index in [2.05, 4.69) is 54.9 Å². The number of rotatable bonds is 3. The highest BCUT2D eigenvalue weighted by Gasteiger charge is 2.23. The fourth-order valence-electron chi connectivity index (χ4n) is 3.21. The topological polar surface area (TPSA) is 58.0 Å². The predicted octanol–water partition coefficient (Wildman–Crippen LogP) is 2.30. The van der Waals surface area contributed by atoms with Crippen molar-refractivity contribution in [3.05, 3.63) is 54.6 Å². The fraction of sp³-hybridized carbons (Fsp3) is 0.333. The summed E-state index contributed by atoms with van der Waals surface area (Å²) < 4.78 is 0. The summed E-state index contributed by atoms with van der Waals surface area (Å²) in [5.74, 6) is 0.825. The zero-order valence-corrected chi connectivity index (χ0v) is 13.7. The average molecular weight is 320 g/mol. The fourth-order valence-corrected chi connectivity index (χ4v) is 3.21. The van der Waals surface area contributed by atoms with Crippen LogP contribution in [0.15, 0.2) is 49.1 Å². The van der Waals surface area contributed by atoms with Crippen molar-refractivity contribution in [1.29, 1.82) is 0 Å². The second kappa shape index (κ2) is 6.49. The van der Waals surface area contributed by atoms with Crippen LogP contribution in [0.4, 0.5) is 5.95 Å². The Hall–Kier alpha value is -2.60. The summed E-state index contributed by atoms with van der Waals surface area (Å²) in [4.78, 5) is 22.2. The molecule has 1 aliphatic heterocycles. The Bertz CT molecular complexity index is 814. The Morgan fingerprint density at radius 2 is 1.54 bits per heavy atom. The van der Waals surface area contributed by atoms with Gasteiger partial charge in [-0.05, 0) is 30.7 Å². The van der Waals surface area contributed by atoms with Gasteiger partial charge in [0.15, 0.2) is 0 Å². The van der Waals surface area contributed by atoms with E-state index in [-0.39, 0.29) is 0 Å². The number of aromatic nitrogens is 4. The molecule has 1 atom stereocenters. The molecular formula is C18H20N6. The van der Waals surface area contributed by atoms with Crippen molar-refractivity contribution >= 4 is 17.0 Å². The third-order valence-electron chi connectivity index (χ3n) is 4.67. The molecule has 1 aliphatic rings. The number of hydrogen-bond donors (Lipinski definition) is 0. The lowest BCUT2D eigenvalue weighted by molar-refractivity contribution is 0.198. The molecule has 3 heterocycles. The third kappa shape index (κ3) is 2.92. The van der Waals surface area contributed by atoms with Crippen LogP contribution in [0.5, 0.6) is 0 Å². The van der Waals surface area contributed by atoms with E-state index in [0.29, 0.717) is 6.04 Å². The molecule has 1 saturated heterocycles. The number of hydrogen-bond acceptors (Lipinski definition) is 6. The van der Waals surface area contributed by atoms with Gasteiger partial charge in [-0.25, -0.2) is 9.97 Å². The van der Waals surface area contributed by atoms with Gasteiger partial charge in [-0.15, -0.1) is 0 Å². The summed E-state index contributed by atoms with van der Waals surface area (Å²) in [6.45, 7) is 6.14. The zero-order valence-electron chi connectivity index (χ0n) is 13.7. The summed E-state index contributed by atoms with van der Waals surface area (Å²) in [6.07, 6.45) is 7.08. The van der Waals surface area contributed by atoms with Gasteiger partial charge in [-0.2, -0.15) is 0 Å². The van der Waals surface area contributed by atoms with Gasteiger partial charge in [0.05, 0.1) is 11.0 Å². The van der Waals surface area contributed by atoms with Gasteiger partial charge in [0.25, 0.3) is 0 Å². The molecule has 0 N–H and O–H groups in total. The Labute approximate surface area is 141 Å². The minimum Gasteiger partial charge on any atom is -0.338 e. The maximum atomic E-state index is 4.42. The van der Waals surface area contributed by atoms with Crippen molar-refractivity contribution in [2.75, 3.05) is 31.1 Å². The van der Waals surface area contributed by atoms with E-state index in [1.807, 2.05) is 6.07 Å². The molecule has 2 aromatic heterocycles. The number of nitrogens with zero attached hydrogens (tertiary/aromatic N) is 6. The number of piperazine rings is 1. The van der Waals surface area contributed by atoms with E-state index in [0.717, 1.165) is 43.2 Å². The molecule has 24 heavy (non-hydrogen) atoms. The van der Waals surface area contributed by atoms with Crippen molar-refractivity contribution in [2.24, 2.45) is 0 Å². The Balaban J connectivity index is 1.46. The summed E-state index contributed by atoms with van der Waals surface area (Å²) in [7, 11) is 0. The predicted molar refractivity (Wildman–Crippen MR) is 93.8 cm³/mol. The standard InChI is InChI=1S/C18H20N6/c1-14(15-3-4-16-17(13-15)20-8-7-19-16)23-9-11-24(12-10-23)18-21-5-2-6-22-18/h2-8,13-14H,9-12H2,1H3/t14-/m0/s1. The van der Waals surface area contributed by atoms with Gasteiger partial charge in [-0.1, -0.05) is 6.07 Å². The highest BCUT2D eigenvalue weighted by atomic mass is 15.3. The minimum atomic E-state index is 0.357. The van der Waals surface area contributed by atoms with Gasteiger partial charge in [-0.3, -0.25) is 14.9 Å². The normalized spacial score (nSPS) is 17.1. The second-order valence-electron chi connectivity index (χ2n) is 6.05. The van der Waals surface area contributed by atoms with Crippen LogP contribution in [-0.4, -0.2) is 51.0 Å². The maximum Gasteiger partial charge on any atom is 0.225 e. The second-order valence-corrected chi connectivity index (χ2v) is 6.05. The van der Waals surface area contributed by atoms with Crippen LogP contribution in [0.1, 0.15) is 18.5 Å². The van der Waals surface area contributed by atoms with Crippen LogP contribution in [0, 0.1) is 0 Å². The van der Waals surface area contributed by atoms with E-state index in [1.54, 1.807) is 24.8 Å². The lowest BCUT2D eigenvalue weighted by atomic mass is 10.1. The SMILES string of the molecule is C[C@@H](c1ccc2nccnc2c1)N1CCN(c2ncccn2)CC1. The molecule has 1 fully saturated rings. The molecular weight excluding hydrogens is 300 g/mol. The van der Waals surface area contributed by atoms with Crippen LogP contribution < -0.4 is 4.90 Å². The molecule has 4 rings (SSSR count). The van der Waals surface area contributed by atoms with E-state index in [9.17, 15) is 0 Å². The lowest BCUT2D eigenvalue weighted by Gasteiger charge is -2.38. The van der Waals surface area contributed by atoms with Crippen LogP contribution in [0.3, 0.4) is 0 Å². The average Bonchev–Trinajstić information content (AvgIpc) is 2.68. The van der Waals surface area contributed by atoms with E-state index >= 15 is 0 Å². The molecule has 6 heteroatoms. The van der Waals surface area contributed by atoms with Crippen molar-refractivity contribution in [3.63, 3.8) is 0 Å². The summed E-state index contributed by atoms with van der Waals surface area (Å²) in [5, 5.41) is 0. The van der Waals surface area contributed by atoms with Crippen molar-refractivity contribution < 1.29 is 0 Å². The van der Waals surface area contributed by atoms with Crippen LogP contribution in [0.25, 0.3) is 11.0 Å². The molecule has 1 aromatic carbocycles. The first-order valence-corrected chi connectivity index (χ1v) is 8.28. The molecule has 0 bridgehead atoms. The van der Waals surface area contributed by atoms with E-state index in [4.69, 9.17) is 0 Å². The Morgan fingerprint density at radius 3 is 2.29 bits per heavy atom. The quantitative estimate of drug-likeness (QED) is 0.738. The van der Waals surface area contributed by atoms with Crippen molar-refractivity contribution in [2.45, 2.75) is 13.0 Å². The summed E-state index contributed by atoms with van der Waals surface area (Å²) in [6, 6.07) is 8.58. The van der Waals surface area contributed by atoms with Crippen LogP contribution >= 0.6 is 0 Å². The van der Waals surface area contributed by atoms with Crippen molar-refractivity contribution in [1.82, 2.24) is 24.8 Å². The maximum absolute atomic E-state index is 4.42. The molecule has 0 spiro atoms. The molecule has 0 aliphatic carbocycles. The Kier molecular flexibility index (Phi) is 4.04. The van der Waals surface area contributed by atoms with Gasteiger partial charge in [0.2, 0.25) is 5.95 Å². The third-order valence-corrected chi connectivity index (χ3v) is 4.67. The molecule has 0 saturated carbocycles. The molecule has 122 valence electrons. The van der Waals surface area contributed by atoms with Gasteiger partial charge < -0.3 is 4.90 Å². The van der Waals surface area contributed by atoms with E-state index < -0.39 is 0 Å². The molecule has 6 nitrogen and oxygen atoms in total. The van der Waals surface area contributed by atoms with Gasteiger partial charge >= 0.3 is 0 Å². The van der Waals surface area contributed by atoms with Gasteiger partial charge in [0.1, 0.15) is 0 Å². The van der Waals surface area contributed by atoms with E-state index in [1.165, 1.54) is 5.56 Å². The van der Waals surface area contributed by atoms with Crippen molar-refractivity contribution in [3.8, 4) is 0 Å². The first kappa shape index (κ1) is 15.0. The number of fused-ring (bicyclic) bond motifs is 1. The molecule has 3 aromatic rings. The van der Waals surface area contributed by atoms with Crippen LogP contribution in [0.2, 0.25) is 0 Å². The van der Waals surface area contributed by atoms with Crippen LogP contribution in [-0.2, 0) is 0 Å². The molecule has 0 unspecified atom stereocenters. The first-order valence-electron chi connectivity index (χ1n) is 8.28. The number of benzene rings is 1. The minimum absolute atomic E-state index is 0.357. The summed E-state index contributed by atoms with van der Waals surface area (Å²) in [5.41, 5.74) is 3.19. The first-order chi connectivity index (χ1) is 11.8. The molecule has 0 amide bonds. The Morgan fingerprint density at radius 1 is 0.833 bits per heavy atom. The summed E-state index contributed by atoms with van der Waals surface area (Å²) >= 11 is 0.